The van der Waals surface area contributed by atoms with Gasteiger partial charge in [-0.15, -0.1) is 0 Å². The Morgan fingerprint density at radius 3 is 2.57 bits per heavy atom. The smallest absolute Gasteiger partial charge is 0.337 e. The van der Waals surface area contributed by atoms with Crippen molar-refractivity contribution in [3.63, 3.8) is 0 Å². The topological polar surface area (TPSA) is 92.8 Å². The van der Waals surface area contributed by atoms with Gasteiger partial charge in [-0.2, -0.15) is 5.10 Å². The number of carbonyl (C=O) groups excluding carboxylic acids is 2. The molecular weight excluding hydrogens is 358 g/mol. The Balaban J connectivity index is 1.61. The summed E-state index contributed by atoms with van der Waals surface area (Å²) < 4.78 is 10.5. The molecule has 1 aromatic heterocycles. The lowest BCUT2D eigenvalue weighted by atomic mass is 10.1. The molecule has 0 saturated heterocycles. The number of para-hydroxylation sites is 1. The Morgan fingerprint density at radius 1 is 1.07 bits per heavy atom. The van der Waals surface area contributed by atoms with E-state index in [1.807, 2.05) is 24.3 Å². The van der Waals surface area contributed by atoms with E-state index in [2.05, 4.69) is 20.2 Å². The van der Waals surface area contributed by atoms with Gasteiger partial charge in [0, 0.05) is 11.8 Å². The predicted octanol–water partition coefficient (Wildman–Crippen LogP) is 3.14. The highest BCUT2D eigenvalue weighted by Crippen LogP contribution is 2.18. The second kappa shape index (κ2) is 9.18. The van der Waals surface area contributed by atoms with Gasteiger partial charge in [0.15, 0.2) is 0 Å². The van der Waals surface area contributed by atoms with Crippen LogP contribution >= 0.6 is 0 Å². The standard InChI is InChI=1S/C21H19N3O4/c1-27-21(26)16-10-8-15(9-11-16)14-28-19-7-3-2-5-17(19)13-23-24-20(25)18-6-4-12-22-18/h2-13,22H,14H2,1H3,(H,24,25)/b23-13-. The zero-order chi connectivity index (χ0) is 19.8. The van der Waals surface area contributed by atoms with Crippen molar-refractivity contribution >= 4 is 18.1 Å². The summed E-state index contributed by atoms with van der Waals surface area (Å²) >= 11 is 0. The molecule has 3 aromatic rings. The molecule has 0 unspecified atom stereocenters. The first-order valence-corrected chi connectivity index (χ1v) is 8.53. The summed E-state index contributed by atoms with van der Waals surface area (Å²) in [4.78, 5) is 26.2. The number of nitrogens with one attached hydrogen (secondary N) is 2. The Hall–Kier alpha value is -3.87. The van der Waals surface area contributed by atoms with Crippen LogP contribution in [0.5, 0.6) is 5.75 Å². The minimum atomic E-state index is -0.379. The van der Waals surface area contributed by atoms with Crippen molar-refractivity contribution in [1.82, 2.24) is 10.4 Å². The maximum atomic E-state index is 11.9. The first-order chi connectivity index (χ1) is 13.7. The number of hydrogen-bond donors (Lipinski definition) is 2. The van der Waals surface area contributed by atoms with E-state index in [1.165, 1.54) is 13.3 Å². The molecule has 3 rings (SSSR count). The molecule has 7 nitrogen and oxygen atoms in total. The highest BCUT2D eigenvalue weighted by molar-refractivity contribution is 5.93. The molecule has 2 aromatic carbocycles. The molecule has 0 aliphatic heterocycles. The van der Waals surface area contributed by atoms with Crippen LogP contribution in [-0.2, 0) is 11.3 Å². The second-order valence-corrected chi connectivity index (χ2v) is 5.80. The third kappa shape index (κ3) is 4.85. The third-order valence-corrected chi connectivity index (χ3v) is 3.90. The fraction of sp³-hybridized carbons (Fsp3) is 0.0952. The van der Waals surface area contributed by atoms with Crippen molar-refractivity contribution in [2.45, 2.75) is 6.61 Å². The minimum Gasteiger partial charge on any atom is -0.488 e. The Bertz CT molecular complexity index is 964. The van der Waals surface area contributed by atoms with Crippen molar-refractivity contribution in [2.24, 2.45) is 5.10 Å². The van der Waals surface area contributed by atoms with Crippen LogP contribution < -0.4 is 10.2 Å². The van der Waals surface area contributed by atoms with Crippen molar-refractivity contribution in [3.8, 4) is 5.75 Å². The van der Waals surface area contributed by atoms with Crippen LogP contribution in [0, 0.1) is 0 Å². The van der Waals surface area contributed by atoms with Crippen LogP contribution in [0.4, 0.5) is 0 Å². The number of aromatic nitrogens is 1. The lowest BCUT2D eigenvalue weighted by Crippen LogP contribution is -2.17. The van der Waals surface area contributed by atoms with Crippen molar-refractivity contribution in [3.05, 3.63) is 89.2 Å². The maximum Gasteiger partial charge on any atom is 0.337 e. The molecule has 2 N–H and O–H groups in total. The number of ether oxygens (including phenoxy) is 2. The summed E-state index contributed by atoms with van der Waals surface area (Å²) in [7, 11) is 1.35. The monoisotopic (exact) mass is 377 g/mol. The van der Waals surface area contributed by atoms with Crippen LogP contribution in [0.3, 0.4) is 0 Å². The number of aromatic amines is 1. The molecular formula is C21H19N3O4. The number of nitrogens with zero attached hydrogens (tertiary/aromatic N) is 1. The average molecular weight is 377 g/mol. The first-order valence-electron chi connectivity index (χ1n) is 8.53. The van der Waals surface area contributed by atoms with E-state index in [-0.39, 0.29) is 11.9 Å². The number of hydrazone groups is 1. The normalized spacial score (nSPS) is 10.6. The molecule has 0 radical (unpaired) electrons. The average Bonchev–Trinajstić information content (AvgIpc) is 3.28. The molecule has 1 heterocycles. The van der Waals surface area contributed by atoms with Gasteiger partial charge in [-0.1, -0.05) is 24.3 Å². The minimum absolute atomic E-state index is 0.321. The third-order valence-electron chi connectivity index (χ3n) is 3.90. The van der Waals surface area contributed by atoms with Crippen molar-refractivity contribution in [2.75, 3.05) is 7.11 Å². The van der Waals surface area contributed by atoms with E-state index in [9.17, 15) is 9.59 Å². The molecule has 28 heavy (non-hydrogen) atoms. The molecule has 0 atom stereocenters. The molecule has 0 saturated carbocycles. The Labute approximate surface area is 162 Å². The van der Waals surface area contributed by atoms with Crippen molar-refractivity contribution in [1.29, 1.82) is 0 Å². The maximum absolute atomic E-state index is 11.9. The van der Waals surface area contributed by atoms with Gasteiger partial charge >= 0.3 is 5.97 Å². The highest BCUT2D eigenvalue weighted by atomic mass is 16.5. The largest absolute Gasteiger partial charge is 0.488 e. The number of H-pyrrole nitrogens is 1. The molecule has 7 heteroatoms. The van der Waals surface area contributed by atoms with Crippen LogP contribution in [0.15, 0.2) is 72.0 Å². The molecule has 1 amide bonds. The summed E-state index contributed by atoms with van der Waals surface area (Å²) in [6.07, 6.45) is 3.19. The lowest BCUT2D eigenvalue weighted by Gasteiger charge is -2.09. The molecule has 0 spiro atoms. The van der Waals surface area contributed by atoms with Crippen LogP contribution in [0.25, 0.3) is 0 Å². The summed E-state index contributed by atoms with van der Waals surface area (Å²) in [5, 5.41) is 3.98. The van der Waals surface area contributed by atoms with Gasteiger partial charge < -0.3 is 14.5 Å². The van der Waals surface area contributed by atoms with E-state index in [0.29, 0.717) is 23.6 Å². The number of amides is 1. The van der Waals surface area contributed by atoms with Gasteiger partial charge in [0.1, 0.15) is 18.1 Å². The summed E-state index contributed by atoms with van der Waals surface area (Å²) in [5.41, 5.74) is 4.99. The summed E-state index contributed by atoms with van der Waals surface area (Å²) in [6, 6.07) is 17.7. The molecule has 0 aliphatic rings. The van der Waals surface area contributed by atoms with Crippen LogP contribution in [0.1, 0.15) is 32.0 Å². The number of carbonyl (C=O) groups is 2. The Kier molecular flexibility index (Phi) is 6.20. The second-order valence-electron chi connectivity index (χ2n) is 5.80. The molecule has 0 aliphatic carbocycles. The fourth-order valence-corrected chi connectivity index (χ4v) is 2.43. The SMILES string of the molecule is COC(=O)c1ccc(COc2ccccc2/C=N\NC(=O)c2ccc[nH]2)cc1. The van der Waals surface area contributed by atoms with E-state index in [0.717, 1.165) is 11.1 Å². The van der Waals surface area contributed by atoms with Crippen LogP contribution in [-0.4, -0.2) is 30.2 Å². The van der Waals surface area contributed by atoms with Gasteiger partial charge in [0.25, 0.3) is 5.91 Å². The summed E-state index contributed by atoms with van der Waals surface area (Å²) in [5.74, 6) is -0.0850. The number of methoxy groups -OCH3 is 1. The number of rotatable bonds is 7. The molecule has 142 valence electrons. The first kappa shape index (κ1) is 18.9. The van der Waals surface area contributed by atoms with Gasteiger partial charge in [0.05, 0.1) is 18.9 Å². The van der Waals surface area contributed by atoms with E-state index >= 15 is 0 Å². The molecule has 0 fully saturated rings. The van der Waals surface area contributed by atoms with E-state index < -0.39 is 0 Å². The van der Waals surface area contributed by atoms with Crippen molar-refractivity contribution < 1.29 is 19.1 Å². The summed E-state index contributed by atoms with van der Waals surface area (Å²) in [6.45, 7) is 0.321. The van der Waals surface area contributed by atoms with Gasteiger partial charge in [-0.3, -0.25) is 4.79 Å². The highest BCUT2D eigenvalue weighted by Gasteiger charge is 2.06. The number of benzene rings is 2. The number of hydrogen-bond acceptors (Lipinski definition) is 5. The van der Waals surface area contributed by atoms with E-state index in [4.69, 9.17) is 4.74 Å². The predicted molar refractivity (Wildman–Crippen MR) is 104 cm³/mol. The zero-order valence-electron chi connectivity index (χ0n) is 15.2. The van der Waals surface area contributed by atoms with E-state index in [1.54, 1.807) is 42.6 Å². The quantitative estimate of drug-likeness (QED) is 0.376. The zero-order valence-corrected chi connectivity index (χ0v) is 15.2. The molecule has 0 bridgehead atoms. The van der Waals surface area contributed by atoms with Crippen LogP contribution in [0.2, 0.25) is 0 Å². The fourth-order valence-electron chi connectivity index (χ4n) is 2.43. The Morgan fingerprint density at radius 2 is 1.86 bits per heavy atom. The van der Waals surface area contributed by atoms with Gasteiger partial charge in [0.2, 0.25) is 0 Å². The van der Waals surface area contributed by atoms with Gasteiger partial charge in [-0.25, -0.2) is 10.2 Å². The number of esters is 1. The van der Waals surface area contributed by atoms with Gasteiger partial charge in [-0.05, 0) is 42.0 Å². The lowest BCUT2D eigenvalue weighted by molar-refractivity contribution is 0.0600.